The molecular formula is C18H20ClN3O2. The first-order chi connectivity index (χ1) is 11.7. The highest BCUT2D eigenvalue weighted by Crippen LogP contribution is 2.32. The van der Waals surface area contributed by atoms with Gasteiger partial charge in [-0.15, -0.1) is 0 Å². The number of anilines is 1. The summed E-state index contributed by atoms with van der Waals surface area (Å²) < 4.78 is 11.0. The molecule has 126 valence electrons. The van der Waals surface area contributed by atoms with Gasteiger partial charge in [0, 0.05) is 18.0 Å². The van der Waals surface area contributed by atoms with Crippen molar-refractivity contribution in [2.45, 2.75) is 19.4 Å². The second-order valence-electron chi connectivity index (χ2n) is 6.20. The van der Waals surface area contributed by atoms with Gasteiger partial charge in [-0.05, 0) is 37.1 Å². The maximum Gasteiger partial charge on any atom is 0.163 e. The fourth-order valence-electron chi connectivity index (χ4n) is 3.31. The predicted octanol–water partition coefficient (Wildman–Crippen LogP) is 3.31. The first kappa shape index (κ1) is 15.8. The average Bonchev–Trinajstić information content (AvgIpc) is 2.62. The van der Waals surface area contributed by atoms with Gasteiger partial charge in [0.05, 0.1) is 37.8 Å². The number of ether oxygens (including phenoxy) is 2. The molecule has 0 spiro atoms. The number of pyridine rings is 2. The highest BCUT2D eigenvalue weighted by atomic mass is 35.5. The highest BCUT2D eigenvalue weighted by Gasteiger charge is 2.23. The van der Waals surface area contributed by atoms with Crippen molar-refractivity contribution in [3.05, 3.63) is 35.1 Å². The first-order valence-corrected chi connectivity index (χ1v) is 8.69. The summed E-state index contributed by atoms with van der Waals surface area (Å²) in [5, 5.41) is 1.50. The Bertz CT molecular complexity index is 793. The van der Waals surface area contributed by atoms with E-state index in [2.05, 4.69) is 29.0 Å². The predicted molar refractivity (Wildman–Crippen MR) is 95.6 cm³/mol. The van der Waals surface area contributed by atoms with Crippen molar-refractivity contribution in [2.24, 2.45) is 0 Å². The zero-order valence-electron chi connectivity index (χ0n) is 13.7. The molecule has 2 aliphatic heterocycles. The van der Waals surface area contributed by atoms with E-state index in [1.54, 1.807) is 0 Å². The Labute approximate surface area is 146 Å². The topological polar surface area (TPSA) is 47.5 Å². The summed E-state index contributed by atoms with van der Waals surface area (Å²) in [7, 11) is 0. The molecule has 1 fully saturated rings. The Morgan fingerprint density at radius 3 is 2.92 bits per heavy atom. The number of halogens is 1. The molecule has 6 heteroatoms. The van der Waals surface area contributed by atoms with E-state index in [9.17, 15) is 0 Å². The van der Waals surface area contributed by atoms with E-state index in [1.165, 1.54) is 5.57 Å². The van der Waals surface area contributed by atoms with Gasteiger partial charge in [0.2, 0.25) is 0 Å². The molecule has 1 atom stereocenters. The van der Waals surface area contributed by atoms with Crippen molar-refractivity contribution in [1.29, 1.82) is 0 Å². The summed E-state index contributed by atoms with van der Waals surface area (Å²) >= 11 is 6.10. The van der Waals surface area contributed by atoms with Gasteiger partial charge >= 0.3 is 0 Å². The SMILES string of the molecule is CC1COCCN1c1cc(C2=CCOCC2)nc2nc(Cl)ccc12. The number of fused-ring (bicyclic) bond motifs is 1. The van der Waals surface area contributed by atoms with Gasteiger partial charge in [0.15, 0.2) is 5.65 Å². The minimum Gasteiger partial charge on any atom is -0.377 e. The number of hydrogen-bond donors (Lipinski definition) is 0. The summed E-state index contributed by atoms with van der Waals surface area (Å²) in [6.07, 6.45) is 2.98. The molecule has 2 aromatic rings. The summed E-state index contributed by atoms with van der Waals surface area (Å²) in [5.74, 6) is 0. The van der Waals surface area contributed by atoms with Crippen molar-refractivity contribution >= 4 is 33.9 Å². The van der Waals surface area contributed by atoms with Gasteiger partial charge in [-0.25, -0.2) is 9.97 Å². The van der Waals surface area contributed by atoms with Gasteiger partial charge in [-0.2, -0.15) is 0 Å². The fourth-order valence-corrected chi connectivity index (χ4v) is 3.45. The lowest BCUT2D eigenvalue weighted by molar-refractivity contribution is 0.0991. The van der Waals surface area contributed by atoms with E-state index in [1.807, 2.05) is 12.1 Å². The van der Waals surface area contributed by atoms with Crippen LogP contribution in [0.4, 0.5) is 5.69 Å². The number of morpholine rings is 1. The lowest BCUT2D eigenvalue weighted by atomic mass is 10.0. The molecule has 2 aromatic heterocycles. The van der Waals surface area contributed by atoms with Crippen LogP contribution in [0.15, 0.2) is 24.3 Å². The molecule has 4 rings (SSSR count). The van der Waals surface area contributed by atoms with E-state index in [0.717, 1.165) is 49.6 Å². The normalized spacial score (nSPS) is 21.8. The molecule has 0 saturated carbocycles. The highest BCUT2D eigenvalue weighted by molar-refractivity contribution is 6.29. The zero-order valence-corrected chi connectivity index (χ0v) is 14.4. The Morgan fingerprint density at radius 1 is 1.21 bits per heavy atom. The van der Waals surface area contributed by atoms with Crippen LogP contribution in [0.1, 0.15) is 19.0 Å². The maximum atomic E-state index is 6.10. The van der Waals surface area contributed by atoms with Crippen LogP contribution in [0.2, 0.25) is 5.15 Å². The lowest BCUT2D eigenvalue weighted by Crippen LogP contribution is -2.43. The molecule has 1 unspecified atom stereocenters. The summed E-state index contributed by atoms with van der Waals surface area (Å²) in [5.41, 5.74) is 4.03. The van der Waals surface area contributed by atoms with Crippen molar-refractivity contribution in [2.75, 3.05) is 37.9 Å². The van der Waals surface area contributed by atoms with Crippen LogP contribution in [-0.4, -0.2) is 49.0 Å². The number of nitrogens with zero attached hydrogens (tertiary/aromatic N) is 3. The molecular weight excluding hydrogens is 326 g/mol. The molecule has 0 radical (unpaired) electrons. The Morgan fingerprint density at radius 2 is 2.12 bits per heavy atom. The van der Waals surface area contributed by atoms with Crippen LogP contribution in [0, 0.1) is 0 Å². The van der Waals surface area contributed by atoms with Crippen molar-refractivity contribution < 1.29 is 9.47 Å². The van der Waals surface area contributed by atoms with Gasteiger partial charge in [0.1, 0.15) is 5.15 Å². The van der Waals surface area contributed by atoms with Crippen molar-refractivity contribution in [3.63, 3.8) is 0 Å². The summed E-state index contributed by atoms with van der Waals surface area (Å²) in [6.45, 7) is 5.89. The largest absolute Gasteiger partial charge is 0.377 e. The molecule has 5 nitrogen and oxygen atoms in total. The molecule has 0 amide bonds. The van der Waals surface area contributed by atoms with Crippen LogP contribution >= 0.6 is 11.6 Å². The molecule has 2 aliphatic rings. The van der Waals surface area contributed by atoms with Gasteiger partial charge < -0.3 is 14.4 Å². The van der Waals surface area contributed by atoms with Crippen LogP contribution in [0.3, 0.4) is 0 Å². The third-order valence-corrected chi connectivity index (χ3v) is 4.80. The summed E-state index contributed by atoms with van der Waals surface area (Å²) in [4.78, 5) is 11.6. The van der Waals surface area contributed by atoms with Crippen LogP contribution < -0.4 is 4.90 Å². The molecule has 1 saturated heterocycles. The summed E-state index contributed by atoms with van der Waals surface area (Å²) in [6, 6.07) is 6.33. The fraction of sp³-hybridized carbons (Fsp3) is 0.444. The Balaban J connectivity index is 1.87. The van der Waals surface area contributed by atoms with Gasteiger partial charge in [-0.1, -0.05) is 17.7 Å². The average molecular weight is 346 g/mol. The second kappa shape index (κ2) is 6.67. The minimum atomic E-state index is 0.316. The minimum absolute atomic E-state index is 0.316. The van der Waals surface area contributed by atoms with E-state index in [0.29, 0.717) is 23.4 Å². The number of aromatic nitrogens is 2. The van der Waals surface area contributed by atoms with Crippen LogP contribution in [-0.2, 0) is 9.47 Å². The monoisotopic (exact) mass is 345 g/mol. The standard InChI is InChI=1S/C18H20ClN3O2/c1-12-11-24-9-6-22(12)16-10-15(13-4-7-23-8-5-13)20-18-14(16)2-3-17(19)21-18/h2-4,10,12H,5-9,11H2,1H3. The Kier molecular flexibility index (Phi) is 4.39. The molecule has 0 aliphatic carbocycles. The van der Waals surface area contributed by atoms with Crippen molar-refractivity contribution in [1.82, 2.24) is 9.97 Å². The van der Waals surface area contributed by atoms with E-state index in [4.69, 9.17) is 26.1 Å². The molecule has 0 N–H and O–H groups in total. The molecule has 4 heterocycles. The van der Waals surface area contributed by atoms with Gasteiger partial charge in [0.25, 0.3) is 0 Å². The second-order valence-corrected chi connectivity index (χ2v) is 6.59. The van der Waals surface area contributed by atoms with Crippen molar-refractivity contribution in [3.8, 4) is 0 Å². The number of hydrogen-bond acceptors (Lipinski definition) is 5. The first-order valence-electron chi connectivity index (χ1n) is 8.31. The number of rotatable bonds is 2. The van der Waals surface area contributed by atoms with E-state index < -0.39 is 0 Å². The maximum absolute atomic E-state index is 6.10. The zero-order chi connectivity index (χ0) is 16.5. The molecule has 24 heavy (non-hydrogen) atoms. The van der Waals surface area contributed by atoms with Gasteiger partial charge in [-0.3, -0.25) is 0 Å². The quantitative estimate of drug-likeness (QED) is 0.781. The third-order valence-electron chi connectivity index (χ3n) is 4.59. The molecule has 0 bridgehead atoms. The Hall–Kier alpha value is -1.69. The van der Waals surface area contributed by atoms with E-state index >= 15 is 0 Å². The van der Waals surface area contributed by atoms with Crippen LogP contribution in [0.5, 0.6) is 0 Å². The molecule has 0 aromatic carbocycles. The van der Waals surface area contributed by atoms with E-state index in [-0.39, 0.29) is 0 Å². The third kappa shape index (κ3) is 2.99. The van der Waals surface area contributed by atoms with Crippen LogP contribution in [0.25, 0.3) is 16.6 Å². The lowest BCUT2D eigenvalue weighted by Gasteiger charge is -2.36. The smallest absolute Gasteiger partial charge is 0.163 e.